The molecular formula is C13H20N2O4. The quantitative estimate of drug-likeness (QED) is 0.822. The molecule has 106 valence electrons. The lowest BCUT2D eigenvalue weighted by molar-refractivity contribution is -0.141. The van der Waals surface area contributed by atoms with E-state index in [1.54, 1.807) is 13.8 Å². The number of aliphatic carboxylic acids is 1. The Hall–Kier alpha value is -1.85. The zero-order valence-corrected chi connectivity index (χ0v) is 11.7. The molecule has 1 aromatic heterocycles. The highest BCUT2D eigenvalue weighted by Crippen LogP contribution is 2.22. The van der Waals surface area contributed by atoms with Crippen molar-refractivity contribution in [2.75, 3.05) is 6.54 Å². The number of nitrogens with zero attached hydrogens (tertiary/aromatic N) is 1. The minimum Gasteiger partial charge on any atom is -0.481 e. The Kier molecular flexibility index (Phi) is 5.09. The molecule has 6 nitrogen and oxygen atoms in total. The van der Waals surface area contributed by atoms with Crippen LogP contribution in [0.4, 0.5) is 0 Å². The van der Waals surface area contributed by atoms with Crippen LogP contribution in [-0.4, -0.2) is 28.7 Å². The maximum atomic E-state index is 12.1. The number of amides is 1. The van der Waals surface area contributed by atoms with Gasteiger partial charge in [0.1, 0.15) is 5.56 Å². The van der Waals surface area contributed by atoms with E-state index in [1.807, 2.05) is 13.8 Å². The number of nitrogens with one attached hydrogen (secondary N) is 1. The monoisotopic (exact) mass is 268 g/mol. The molecule has 0 aromatic carbocycles. The van der Waals surface area contributed by atoms with Crippen LogP contribution in [0.15, 0.2) is 4.52 Å². The highest BCUT2D eigenvalue weighted by atomic mass is 16.5. The smallest absolute Gasteiger partial charge is 0.308 e. The van der Waals surface area contributed by atoms with Crippen LogP contribution in [0, 0.1) is 12.8 Å². The number of carboxylic acid groups (broad SMARTS) is 1. The number of aryl methyl sites for hydroxylation is 1. The third-order valence-electron chi connectivity index (χ3n) is 2.99. The first-order valence-electron chi connectivity index (χ1n) is 6.35. The standard InChI is InChI=1S/C13H20N2O4/c1-5-9(13(17)18)6-14-12(16)10-8(4)15-19-11(10)7(2)3/h7,9H,5-6H2,1-4H3,(H,14,16)(H,17,18). The van der Waals surface area contributed by atoms with Crippen molar-refractivity contribution in [2.45, 2.75) is 40.0 Å². The van der Waals surface area contributed by atoms with Crippen molar-refractivity contribution in [3.05, 3.63) is 17.0 Å². The lowest BCUT2D eigenvalue weighted by Gasteiger charge is -2.11. The van der Waals surface area contributed by atoms with E-state index in [0.29, 0.717) is 23.4 Å². The first-order valence-corrected chi connectivity index (χ1v) is 6.35. The summed E-state index contributed by atoms with van der Waals surface area (Å²) in [5.41, 5.74) is 0.930. The summed E-state index contributed by atoms with van der Waals surface area (Å²) in [4.78, 5) is 23.0. The van der Waals surface area contributed by atoms with Crippen molar-refractivity contribution >= 4 is 11.9 Å². The fourth-order valence-electron chi connectivity index (χ4n) is 1.77. The van der Waals surface area contributed by atoms with E-state index in [0.717, 1.165) is 0 Å². The zero-order valence-electron chi connectivity index (χ0n) is 11.7. The molecule has 0 bridgehead atoms. The van der Waals surface area contributed by atoms with Crippen LogP contribution >= 0.6 is 0 Å². The van der Waals surface area contributed by atoms with E-state index in [1.165, 1.54) is 0 Å². The molecule has 0 saturated heterocycles. The Morgan fingerprint density at radius 2 is 2.05 bits per heavy atom. The second-order valence-electron chi connectivity index (χ2n) is 4.82. The topological polar surface area (TPSA) is 92.4 Å². The summed E-state index contributed by atoms with van der Waals surface area (Å²) in [5, 5.41) is 15.4. The number of hydrogen-bond donors (Lipinski definition) is 2. The van der Waals surface area contributed by atoms with Gasteiger partial charge in [-0.2, -0.15) is 0 Å². The van der Waals surface area contributed by atoms with Crippen molar-refractivity contribution in [1.82, 2.24) is 10.5 Å². The van der Waals surface area contributed by atoms with Crippen LogP contribution < -0.4 is 5.32 Å². The Labute approximate surface area is 112 Å². The Morgan fingerprint density at radius 1 is 1.42 bits per heavy atom. The number of rotatable bonds is 6. The second-order valence-corrected chi connectivity index (χ2v) is 4.82. The van der Waals surface area contributed by atoms with Gasteiger partial charge in [0.05, 0.1) is 11.6 Å². The van der Waals surface area contributed by atoms with Gasteiger partial charge in [-0.1, -0.05) is 25.9 Å². The molecule has 0 saturated carbocycles. The predicted octanol–water partition coefficient (Wildman–Crippen LogP) is 1.95. The van der Waals surface area contributed by atoms with Crippen molar-refractivity contribution in [3.63, 3.8) is 0 Å². The predicted molar refractivity (Wildman–Crippen MR) is 69.1 cm³/mol. The highest BCUT2D eigenvalue weighted by Gasteiger charge is 2.24. The van der Waals surface area contributed by atoms with E-state index >= 15 is 0 Å². The number of carbonyl (C=O) groups excluding carboxylic acids is 1. The van der Waals surface area contributed by atoms with Gasteiger partial charge in [0.25, 0.3) is 5.91 Å². The van der Waals surface area contributed by atoms with E-state index < -0.39 is 11.9 Å². The number of hydrogen-bond acceptors (Lipinski definition) is 4. The van der Waals surface area contributed by atoms with Gasteiger partial charge in [0.2, 0.25) is 0 Å². The molecule has 0 spiro atoms. The molecule has 19 heavy (non-hydrogen) atoms. The van der Waals surface area contributed by atoms with Gasteiger partial charge in [-0.25, -0.2) is 0 Å². The van der Waals surface area contributed by atoms with Gasteiger partial charge in [-0.15, -0.1) is 0 Å². The molecule has 0 fully saturated rings. The molecule has 1 amide bonds. The summed E-state index contributed by atoms with van der Waals surface area (Å²) in [6.07, 6.45) is 0.468. The molecule has 1 unspecified atom stereocenters. The van der Waals surface area contributed by atoms with Gasteiger partial charge < -0.3 is 14.9 Å². The van der Waals surface area contributed by atoms with Crippen LogP contribution in [0.25, 0.3) is 0 Å². The Bertz CT molecular complexity index is 465. The van der Waals surface area contributed by atoms with Crippen molar-refractivity contribution < 1.29 is 19.2 Å². The molecule has 1 atom stereocenters. The van der Waals surface area contributed by atoms with Gasteiger partial charge in [0, 0.05) is 12.5 Å². The van der Waals surface area contributed by atoms with Crippen LogP contribution in [0.3, 0.4) is 0 Å². The normalized spacial score (nSPS) is 12.5. The first kappa shape index (κ1) is 15.2. The average Bonchev–Trinajstić information content (AvgIpc) is 2.71. The van der Waals surface area contributed by atoms with Crippen molar-refractivity contribution in [2.24, 2.45) is 5.92 Å². The summed E-state index contributed by atoms with van der Waals surface area (Å²) >= 11 is 0. The van der Waals surface area contributed by atoms with Crippen LogP contribution in [0.2, 0.25) is 0 Å². The molecular weight excluding hydrogens is 248 g/mol. The molecule has 0 radical (unpaired) electrons. The Balaban J connectivity index is 2.79. The Morgan fingerprint density at radius 3 is 2.53 bits per heavy atom. The molecule has 1 rings (SSSR count). The average molecular weight is 268 g/mol. The molecule has 6 heteroatoms. The summed E-state index contributed by atoms with van der Waals surface area (Å²) < 4.78 is 5.13. The van der Waals surface area contributed by atoms with Gasteiger partial charge >= 0.3 is 5.97 Å². The summed E-state index contributed by atoms with van der Waals surface area (Å²) in [6, 6.07) is 0. The number of carboxylic acids is 1. The number of aromatic nitrogens is 1. The molecule has 0 aliphatic carbocycles. The van der Waals surface area contributed by atoms with E-state index in [-0.39, 0.29) is 18.4 Å². The molecule has 0 aliphatic heterocycles. The van der Waals surface area contributed by atoms with E-state index in [9.17, 15) is 9.59 Å². The van der Waals surface area contributed by atoms with E-state index in [4.69, 9.17) is 9.63 Å². The third-order valence-corrected chi connectivity index (χ3v) is 2.99. The highest BCUT2D eigenvalue weighted by molar-refractivity contribution is 5.96. The zero-order chi connectivity index (χ0) is 14.6. The van der Waals surface area contributed by atoms with E-state index in [2.05, 4.69) is 10.5 Å². The van der Waals surface area contributed by atoms with Gasteiger partial charge in [0.15, 0.2) is 5.76 Å². The van der Waals surface area contributed by atoms with Crippen LogP contribution in [0.5, 0.6) is 0 Å². The maximum Gasteiger partial charge on any atom is 0.308 e. The fourth-order valence-corrected chi connectivity index (χ4v) is 1.77. The molecule has 2 N–H and O–H groups in total. The largest absolute Gasteiger partial charge is 0.481 e. The lowest BCUT2D eigenvalue weighted by Crippen LogP contribution is -2.33. The van der Waals surface area contributed by atoms with Gasteiger partial charge in [-0.3, -0.25) is 9.59 Å². The molecule has 1 aromatic rings. The second kappa shape index (κ2) is 6.36. The number of carbonyl (C=O) groups is 2. The van der Waals surface area contributed by atoms with Crippen LogP contribution in [0.1, 0.15) is 54.9 Å². The SMILES string of the molecule is CCC(CNC(=O)c1c(C)noc1C(C)C)C(=O)O. The minimum atomic E-state index is -0.908. The lowest BCUT2D eigenvalue weighted by atomic mass is 10.0. The minimum absolute atomic E-state index is 0.0448. The summed E-state index contributed by atoms with van der Waals surface area (Å²) in [6.45, 7) is 7.38. The van der Waals surface area contributed by atoms with Crippen molar-refractivity contribution in [1.29, 1.82) is 0 Å². The van der Waals surface area contributed by atoms with Gasteiger partial charge in [-0.05, 0) is 13.3 Å². The third kappa shape index (κ3) is 3.56. The van der Waals surface area contributed by atoms with Crippen molar-refractivity contribution in [3.8, 4) is 0 Å². The fraction of sp³-hybridized carbons (Fsp3) is 0.615. The molecule has 1 heterocycles. The summed E-state index contributed by atoms with van der Waals surface area (Å²) in [7, 11) is 0. The summed E-state index contributed by atoms with van der Waals surface area (Å²) in [5.74, 6) is -1.25. The first-order chi connectivity index (χ1) is 8.88. The van der Waals surface area contributed by atoms with Crippen LogP contribution in [-0.2, 0) is 4.79 Å². The maximum absolute atomic E-state index is 12.1. The molecule has 0 aliphatic rings.